The maximum atomic E-state index is 14.3. The molecule has 14 atom stereocenters. The summed E-state index contributed by atoms with van der Waals surface area (Å²) >= 11 is 0. The highest BCUT2D eigenvalue weighted by atomic mass is 16.7. The smallest absolute Gasteiger partial charge is 0.311 e. The fourth-order valence-corrected chi connectivity index (χ4v) is 9.65. The molecule has 14 heteroatoms. The van der Waals surface area contributed by atoms with Crippen LogP contribution in [0, 0.1) is 17.8 Å². The van der Waals surface area contributed by atoms with E-state index in [9.17, 15) is 24.9 Å². The molecular weight excluding hydrogens is 708 g/mol. The number of pyridine rings is 1. The molecule has 5 heterocycles. The molecule has 3 N–H and O–H groups in total. The lowest BCUT2D eigenvalue weighted by Crippen LogP contribution is -2.60. The van der Waals surface area contributed by atoms with E-state index in [4.69, 9.17) is 23.7 Å². The first-order valence-corrected chi connectivity index (χ1v) is 20.3. The van der Waals surface area contributed by atoms with Gasteiger partial charge in [0.2, 0.25) is 0 Å². The Morgan fingerprint density at radius 1 is 1.11 bits per heavy atom. The van der Waals surface area contributed by atoms with Crippen LogP contribution in [0.4, 0.5) is 0 Å². The normalized spacial score (nSPS) is 42.4. The van der Waals surface area contributed by atoms with Gasteiger partial charge in [-0.15, -0.1) is 0 Å². The molecule has 1 aromatic rings. The van der Waals surface area contributed by atoms with E-state index < -0.39 is 77.6 Å². The van der Waals surface area contributed by atoms with Gasteiger partial charge in [0.1, 0.15) is 23.9 Å². The van der Waals surface area contributed by atoms with Crippen LogP contribution < -0.4 is 0 Å². The number of amides is 1. The molecule has 2 bridgehead atoms. The molecule has 0 aliphatic carbocycles. The minimum Gasteiger partial charge on any atom is -0.459 e. The van der Waals surface area contributed by atoms with Gasteiger partial charge in [-0.25, -0.2) is 0 Å². The van der Waals surface area contributed by atoms with Gasteiger partial charge in [-0.3, -0.25) is 14.6 Å². The number of aliphatic hydroxyl groups is 3. The number of hydrogen-bond acceptors (Lipinski definition) is 13. The van der Waals surface area contributed by atoms with E-state index in [0.717, 1.165) is 0 Å². The summed E-state index contributed by atoms with van der Waals surface area (Å²) in [4.78, 5) is 37.7. The summed E-state index contributed by atoms with van der Waals surface area (Å²) in [5.41, 5.74) is -2.30. The number of cyclic esters (lactones) is 1. The molecule has 0 saturated carbocycles. The Bertz CT molecular complexity index is 1440. The van der Waals surface area contributed by atoms with Crippen molar-refractivity contribution in [3.8, 4) is 0 Å². The Morgan fingerprint density at radius 3 is 2.38 bits per heavy atom. The lowest BCUT2D eigenvalue weighted by Gasteiger charge is -2.49. The maximum Gasteiger partial charge on any atom is 0.311 e. The van der Waals surface area contributed by atoms with Gasteiger partial charge in [0.05, 0.1) is 35.4 Å². The SMILES string of the molecule is CC[C@H]1OC(=O)[C@H](C)[C@H]2OC3(CCN(C(=O)c4cccnc4)CC3)O[C@](C)(C[C@@H](C)CN(C)[C@H](C)[C@@H](O)[C@]1(C)O)[C@H](O[C@@H]1O[C@H](C)C[C@H](N(C)C)[C@H]1O)[C@H]2C. The molecule has 4 aliphatic heterocycles. The highest BCUT2D eigenvalue weighted by Crippen LogP contribution is 2.48. The van der Waals surface area contributed by atoms with Gasteiger partial charge in [-0.1, -0.05) is 20.8 Å². The van der Waals surface area contributed by atoms with Crippen molar-refractivity contribution in [2.75, 3.05) is 40.8 Å². The van der Waals surface area contributed by atoms with Crippen LogP contribution in [0.25, 0.3) is 0 Å². The molecule has 55 heavy (non-hydrogen) atoms. The van der Waals surface area contributed by atoms with Crippen LogP contribution in [0.5, 0.6) is 0 Å². The standard InChI is InChI=1S/C41H68N4O10/c1-12-31-40(8,50)34(47)28(6)44(11)23-24(2)21-39(7)35(53-38-32(46)30(43(9)10)20-25(3)51-38)26(4)33(27(5)37(49)52-31)54-41(55-39)15-18-45(19-16-41)36(48)29-14-13-17-42-22-29/h13-14,17,22,24-28,30-35,38,46-47,50H,12,15-16,18-21,23H2,1-11H3/t24-,25-,26+,27-,28-,30+,31-,32-,33+,34-,35-,38+,39-,40-/m1/s1. The van der Waals surface area contributed by atoms with Gasteiger partial charge in [0, 0.05) is 62.9 Å². The van der Waals surface area contributed by atoms with Crippen molar-refractivity contribution < 1.29 is 48.6 Å². The monoisotopic (exact) mass is 776 g/mol. The molecule has 1 spiro atoms. The van der Waals surface area contributed by atoms with E-state index in [-0.39, 0.29) is 30.4 Å². The number of ether oxygens (including phenoxy) is 5. The molecular formula is C41H68N4O10. The Labute approximate surface area is 327 Å². The summed E-state index contributed by atoms with van der Waals surface area (Å²) in [6.07, 6.45) is -0.669. The number of fused-ring (bicyclic) bond motifs is 3. The third-order valence-corrected chi connectivity index (χ3v) is 12.9. The highest BCUT2D eigenvalue weighted by molar-refractivity contribution is 5.93. The van der Waals surface area contributed by atoms with Gasteiger partial charge in [0.15, 0.2) is 12.1 Å². The average molecular weight is 777 g/mol. The second-order valence-electron chi connectivity index (χ2n) is 17.7. The number of rotatable bonds is 5. The van der Waals surface area contributed by atoms with Gasteiger partial charge in [-0.05, 0) is 93.1 Å². The van der Waals surface area contributed by atoms with Crippen molar-refractivity contribution in [2.45, 2.75) is 159 Å². The first-order valence-electron chi connectivity index (χ1n) is 20.3. The zero-order valence-electron chi connectivity index (χ0n) is 34.9. The minimum absolute atomic E-state index is 0.0261. The zero-order valence-corrected chi connectivity index (χ0v) is 34.9. The molecule has 14 nitrogen and oxygen atoms in total. The molecule has 4 aliphatic rings. The third-order valence-electron chi connectivity index (χ3n) is 12.9. The predicted molar refractivity (Wildman–Crippen MR) is 205 cm³/mol. The van der Waals surface area contributed by atoms with Crippen molar-refractivity contribution in [1.29, 1.82) is 0 Å². The molecule has 0 aromatic carbocycles. The number of piperidine rings is 1. The minimum atomic E-state index is -1.74. The van der Waals surface area contributed by atoms with Crippen molar-refractivity contribution in [3.05, 3.63) is 30.1 Å². The van der Waals surface area contributed by atoms with E-state index in [1.807, 2.05) is 65.6 Å². The summed E-state index contributed by atoms with van der Waals surface area (Å²) in [5.74, 6) is -3.31. The van der Waals surface area contributed by atoms with Crippen molar-refractivity contribution >= 4 is 11.9 Å². The molecule has 0 unspecified atom stereocenters. The maximum absolute atomic E-state index is 14.3. The van der Waals surface area contributed by atoms with Gasteiger partial charge < -0.3 is 53.7 Å². The van der Waals surface area contributed by atoms with E-state index in [1.165, 1.54) is 6.92 Å². The summed E-state index contributed by atoms with van der Waals surface area (Å²) in [5, 5.41) is 35.0. The predicted octanol–water partition coefficient (Wildman–Crippen LogP) is 3.07. The number of likely N-dealkylation sites (N-methyl/N-ethyl adjacent to an activating group) is 2. The average Bonchev–Trinajstić information content (AvgIpc) is 3.22. The number of carbonyl (C=O) groups excluding carboxylic acids is 2. The van der Waals surface area contributed by atoms with E-state index in [2.05, 4.69) is 11.9 Å². The summed E-state index contributed by atoms with van der Waals surface area (Å²) < 4.78 is 33.9. The molecule has 0 radical (unpaired) electrons. The Hall–Kier alpha value is -2.27. The fraction of sp³-hybridized carbons (Fsp3) is 0.829. The topological polar surface area (TPSA) is 164 Å². The number of aliphatic hydroxyl groups excluding tert-OH is 2. The number of nitrogens with zero attached hydrogens (tertiary/aromatic N) is 4. The van der Waals surface area contributed by atoms with Crippen LogP contribution in [0.1, 0.15) is 97.9 Å². The number of aromatic nitrogens is 1. The van der Waals surface area contributed by atoms with Gasteiger partial charge >= 0.3 is 5.97 Å². The highest BCUT2D eigenvalue weighted by Gasteiger charge is 2.58. The van der Waals surface area contributed by atoms with Crippen molar-refractivity contribution in [2.24, 2.45) is 17.8 Å². The molecule has 1 amide bonds. The van der Waals surface area contributed by atoms with E-state index in [0.29, 0.717) is 50.9 Å². The molecule has 4 fully saturated rings. The second kappa shape index (κ2) is 17.3. The van der Waals surface area contributed by atoms with Crippen LogP contribution in [0.15, 0.2) is 24.5 Å². The van der Waals surface area contributed by atoms with Crippen LogP contribution >= 0.6 is 0 Å². The van der Waals surface area contributed by atoms with Gasteiger partial charge in [-0.2, -0.15) is 0 Å². The van der Waals surface area contributed by atoms with E-state index in [1.54, 1.807) is 36.4 Å². The summed E-state index contributed by atoms with van der Waals surface area (Å²) in [6, 6.07) is 2.79. The summed E-state index contributed by atoms with van der Waals surface area (Å²) in [6.45, 7) is 16.3. The van der Waals surface area contributed by atoms with Gasteiger partial charge in [0.25, 0.3) is 5.91 Å². The van der Waals surface area contributed by atoms with Crippen LogP contribution in [0.3, 0.4) is 0 Å². The Morgan fingerprint density at radius 2 is 1.78 bits per heavy atom. The number of esters is 1. The number of likely N-dealkylation sites (tertiary alicyclic amines) is 1. The Balaban J connectivity index is 1.59. The third kappa shape index (κ3) is 9.23. The van der Waals surface area contributed by atoms with Crippen LogP contribution in [0.2, 0.25) is 0 Å². The molecule has 5 rings (SSSR count). The Kier molecular flexibility index (Phi) is 13.8. The number of hydrogen-bond donors (Lipinski definition) is 3. The van der Waals surface area contributed by atoms with Crippen molar-refractivity contribution in [3.63, 3.8) is 0 Å². The van der Waals surface area contributed by atoms with Crippen LogP contribution in [-0.4, -0.2) is 160 Å². The summed E-state index contributed by atoms with van der Waals surface area (Å²) in [7, 11) is 5.77. The van der Waals surface area contributed by atoms with Crippen LogP contribution in [-0.2, 0) is 28.5 Å². The largest absolute Gasteiger partial charge is 0.459 e. The fourth-order valence-electron chi connectivity index (χ4n) is 9.65. The van der Waals surface area contributed by atoms with Crippen molar-refractivity contribution in [1.82, 2.24) is 19.7 Å². The second-order valence-corrected chi connectivity index (χ2v) is 17.7. The lowest BCUT2D eigenvalue weighted by molar-refractivity contribution is -0.331. The number of carbonyl (C=O) groups is 2. The molecule has 1 aromatic heterocycles. The first kappa shape index (κ1) is 43.8. The van der Waals surface area contributed by atoms with E-state index >= 15 is 0 Å². The molecule has 312 valence electrons. The molecule has 4 saturated heterocycles. The quantitative estimate of drug-likeness (QED) is 0.375. The zero-order chi connectivity index (χ0) is 40.6. The first-order chi connectivity index (χ1) is 25.7. The lowest BCUT2D eigenvalue weighted by atomic mass is 9.78.